The molecule has 0 bridgehead atoms. The zero-order chi connectivity index (χ0) is 25.1. The van der Waals surface area contributed by atoms with Crippen molar-refractivity contribution < 1.29 is 23.1 Å². The van der Waals surface area contributed by atoms with Crippen LogP contribution in [0.2, 0.25) is 0 Å². The van der Waals surface area contributed by atoms with E-state index in [9.17, 15) is 23.6 Å². The van der Waals surface area contributed by atoms with E-state index in [2.05, 4.69) is 18.3 Å². The van der Waals surface area contributed by atoms with E-state index in [4.69, 9.17) is 4.74 Å². The fraction of sp³-hybridized carbons (Fsp3) is 0.640. The summed E-state index contributed by atoms with van der Waals surface area (Å²) in [7, 11) is 0. The first-order valence-electron chi connectivity index (χ1n) is 11.8. The molecule has 0 radical (unpaired) electrons. The Bertz CT molecular complexity index is 942. The van der Waals surface area contributed by atoms with Crippen LogP contribution in [-0.2, 0) is 16.1 Å². The van der Waals surface area contributed by atoms with Gasteiger partial charge in [0.15, 0.2) is 17.2 Å². The number of likely N-dealkylation sites (tertiary alicyclic amines) is 1. The average Bonchev–Trinajstić information content (AvgIpc) is 2.72. The molecule has 0 aromatic heterocycles. The number of hydrogen-bond donors (Lipinski definition) is 1. The Morgan fingerprint density at radius 2 is 1.85 bits per heavy atom. The first kappa shape index (κ1) is 25.9. The van der Waals surface area contributed by atoms with Crippen LogP contribution in [0.5, 0.6) is 0 Å². The summed E-state index contributed by atoms with van der Waals surface area (Å²) in [5.41, 5.74) is -1.23. The van der Waals surface area contributed by atoms with Crippen molar-refractivity contribution in [3.63, 3.8) is 0 Å². The number of nitriles is 1. The molecule has 9 heteroatoms. The second-order valence-electron chi connectivity index (χ2n) is 10.6. The van der Waals surface area contributed by atoms with Crippen molar-refractivity contribution in [3.8, 4) is 6.07 Å². The summed E-state index contributed by atoms with van der Waals surface area (Å²) in [5.74, 6) is -1.55. The third-order valence-corrected chi connectivity index (χ3v) is 6.38. The molecule has 0 spiro atoms. The quantitative estimate of drug-likeness (QED) is 0.671. The Balaban J connectivity index is 1.64. The van der Waals surface area contributed by atoms with Crippen LogP contribution in [0, 0.1) is 28.9 Å². The van der Waals surface area contributed by atoms with E-state index >= 15 is 0 Å². The van der Waals surface area contributed by atoms with Gasteiger partial charge in [0.25, 0.3) is 0 Å². The maximum absolute atomic E-state index is 13.8. The van der Waals surface area contributed by atoms with Crippen molar-refractivity contribution >= 4 is 12.0 Å². The van der Waals surface area contributed by atoms with Crippen molar-refractivity contribution in [2.24, 2.45) is 5.92 Å². The summed E-state index contributed by atoms with van der Waals surface area (Å²) in [6, 6.07) is 6.03. The van der Waals surface area contributed by atoms with Gasteiger partial charge in [0.1, 0.15) is 5.60 Å². The fourth-order valence-electron chi connectivity index (χ4n) is 4.52. The molecule has 2 fully saturated rings. The highest BCUT2D eigenvalue weighted by Gasteiger charge is 2.48. The number of carbonyl (C=O) groups is 2. The van der Waals surface area contributed by atoms with E-state index in [1.165, 1.54) is 11.0 Å². The van der Waals surface area contributed by atoms with E-state index < -0.39 is 28.9 Å². The van der Waals surface area contributed by atoms with Gasteiger partial charge in [0.05, 0.1) is 25.7 Å². The smallest absolute Gasteiger partial charge is 0.410 e. The standard InChI is InChI=1S/C25H34F2N4O3/c1-17-5-8-19(9-6-17)30(12-18-7-10-20(26)21(27)11-18)13-22(32)29-25(14-28)15-31(16-25)23(33)34-24(2,3)4/h7,10-11,17,19H,5-6,8-9,12-13,15-16H2,1-4H3,(H,29,32). The molecule has 34 heavy (non-hydrogen) atoms. The predicted octanol–water partition coefficient (Wildman–Crippen LogP) is 3.97. The molecule has 1 aliphatic heterocycles. The number of ether oxygens (including phenoxy) is 1. The van der Waals surface area contributed by atoms with Gasteiger partial charge in [-0.2, -0.15) is 5.26 Å². The Labute approximate surface area is 200 Å². The molecule has 1 heterocycles. The van der Waals surface area contributed by atoms with Gasteiger partial charge < -0.3 is 15.0 Å². The Morgan fingerprint density at radius 3 is 2.41 bits per heavy atom. The van der Waals surface area contributed by atoms with Gasteiger partial charge in [0, 0.05) is 12.6 Å². The molecule has 3 rings (SSSR count). The molecule has 0 unspecified atom stereocenters. The molecule has 186 valence electrons. The Morgan fingerprint density at radius 1 is 1.21 bits per heavy atom. The van der Waals surface area contributed by atoms with Crippen LogP contribution in [0.25, 0.3) is 0 Å². The number of nitrogens with zero attached hydrogens (tertiary/aromatic N) is 3. The maximum Gasteiger partial charge on any atom is 0.410 e. The normalized spacial score (nSPS) is 22.0. The monoisotopic (exact) mass is 476 g/mol. The molecule has 7 nitrogen and oxygen atoms in total. The molecule has 1 saturated heterocycles. The van der Waals surface area contributed by atoms with Crippen molar-refractivity contribution in [1.82, 2.24) is 15.1 Å². The van der Waals surface area contributed by atoms with E-state index in [1.54, 1.807) is 20.8 Å². The fourth-order valence-corrected chi connectivity index (χ4v) is 4.52. The number of amides is 2. The van der Waals surface area contributed by atoms with Gasteiger partial charge >= 0.3 is 6.09 Å². The molecule has 1 N–H and O–H groups in total. The zero-order valence-corrected chi connectivity index (χ0v) is 20.4. The van der Waals surface area contributed by atoms with Crippen LogP contribution < -0.4 is 5.32 Å². The van der Waals surface area contributed by atoms with E-state index in [0.29, 0.717) is 18.0 Å². The van der Waals surface area contributed by atoms with Crippen molar-refractivity contribution in [1.29, 1.82) is 5.26 Å². The summed E-state index contributed by atoms with van der Waals surface area (Å²) in [6.07, 6.45) is 3.37. The second kappa shape index (κ2) is 10.3. The van der Waals surface area contributed by atoms with Crippen LogP contribution in [0.15, 0.2) is 18.2 Å². The van der Waals surface area contributed by atoms with E-state index in [1.807, 2.05) is 4.90 Å². The van der Waals surface area contributed by atoms with Gasteiger partial charge in [-0.05, 0) is 70.1 Å². The summed E-state index contributed by atoms with van der Waals surface area (Å²) in [6.45, 7) is 7.91. The summed E-state index contributed by atoms with van der Waals surface area (Å²) in [5, 5.41) is 12.5. The SMILES string of the molecule is CC1CCC(N(CC(=O)NC2(C#N)CN(C(=O)OC(C)(C)C)C2)Cc2ccc(F)c(F)c2)CC1. The number of nitrogens with one attached hydrogen (secondary N) is 1. The van der Waals surface area contributed by atoms with Crippen molar-refractivity contribution in [3.05, 3.63) is 35.4 Å². The zero-order valence-electron chi connectivity index (χ0n) is 20.4. The number of rotatable bonds is 6. The molecule has 1 saturated carbocycles. The van der Waals surface area contributed by atoms with Gasteiger partial charge in [-0.25, -0.2) is 13.6 Å². The number of halogens is 2. The molecule has 2 amide bonds. The van der Waals surface area contributed by atoms with E-state index in [0.717, 1.165) is 37.8 Å². The maximum atomic E-state index is 13.8. The van der Waals surface area contributed by atoms with Gasteiger partial charge in [-0.1, -0.05) is 13.0 Å². The first-order valence-corrected chi connectivity index (χ1v) is 11.8. The number of carbonyl (C=O) groups excluding carboxylic acids is 2. The third-order valence-electron chi connectivity index (χ3n) is 6.38. The highest BCUT2D eigenvalue weighted by molar-refractivity contribution is 5.80. The predicted molar refractivity (Wildman–Crippen MR) is 122 cm³/mol. The van der Waals surface area contributed by atoms with Crippen LogP contribution in [0.1, 0.15) is 58.9 Å². The summed E-state index contributed by atoms with van der Waals surface area (Å²) in [4.78, 5) is 28.5. The Hall–Kier alpha value is -2.73. The van der Waals surface area contributed by atoms with Crippen molar-refractivity contribution in [2.75, 3.05) is 19.6 Å². The molecular weight excluding hydrogens is 442 g/mol. The topological polar surface area (TPSA) is 85.7 Å². The molecule has 0 atom stereocenters. The minimum absolute atomic E-state index is 0.0217. The largest absolute Gasteiger partial charge is 0.444 e. The van der Waals surface area contributed by atoms with E-state index in [-0.39, 0.29) is 31.6 Å². The first-order chi connectivity index (χ1) is 15.9. The molecular formula is C25H34F2N4O3. The van der Waals surface area contributed by atoms with Crippen molar-refractivity contribution in [2.45, 2.75) is 77.1 Å². The van der Waals surface area contributed by atoms with Crippen LogP contribution in [-0.4, -0.2) is 58.6 Å². The second-order valence-corrected chi connectivity index (χ2v) is 10.6. The van der Waals surface area contributed by atoms with Gasteiger partial charge in [-0.15, -0.1) is 0 Å². The highest BCUT2D eigenvalue weighted by Crippen LogP contribution is 2.29. The van der Waals surface area contributed by atoms with Gasteiger partial charge in [0.2, 0.25) is 5.91 Å². The third kappa shape index (κ3) is 6.66. The lowest BCUT2D eigenvalue weighted by molar-refractivity contribution is -0.126. The summed E-state index contributed by atoms with van der Waals surface area (Å²) < 4.78 is 32.5. The molecule has 1 aliphatic carbocycles. The number of hydrogen-bond acceptors (Lipinski definition) is 5. The van der Waals surface area contributed by atoms with Crippen LogP contribution in [0.4, 0.5) is 13.6 Å². The average molecular weight is 477 g/mol. The lowest BCUT2D eigenvalue weighted by Gasteiger charge is -2.46. The van der Waals surface area contributed by atoms with Gasteiger partial charge in [-0.3, -0.25) is 9.69 Å². The van der Waals surface area contributed by atoms with Crippen LogP contribution in [0.3, 0.4) is 0 Å². The minimum Gasteiger partial charge on any atom is -0.444 e. The number of benzene rings is 1. The lowest BCUT2D eigenvalue weighted by atomic mass is 9.86. The molecule has 2 aliphatic rings. The molecule has 1 aromatic carbocycles. The molecule has 1 aromatic rings. The summed E-state index contributed by atoms with van der Waals surface area (Å²) >= 11 is 0. The highest BCUT2D eigenvalue weighted by atomic mass is 19.2. The van der Waals surface area contributed by atoms with Crippen LogP contribution >= 0.6 is 0 Å². The Kier molecular flexibility index (Phi) is 7.81. The lowest BCUT2D eigenvalue weighted by Crippen LogP contribution is -2.71. The minimum atomic E-state index is -1.16.